The molecule has 80 valence electrons. The molecule has 0 spiro atoms. The van der Waals surface area contributed by atoms with Gasteiger partial charge in [0.1, 0.15) is 0 Å². The van der Waals surface area contributed by atoms with Gasteiger partial charge in [-0.2, -0.15) is 5.10 Å². The van der Waals surface area contributed by atoms with E-state index < -0.39 is 0 Å². The highest BCUT2D eigenvalue weighted by Gasteiger charge is 1.97. The molecule has 0 aliphatic heterocycles. The van der Waals surface area contributed by atoms with E-state index in [2.05, 4.69) is 30.3 Å². The molecule has 0 aromatic carbocycles. The third-order valence-corrected chi connectivity index (χ3v) is 2.18. The van der Waals surface area contributed by atoms with Crippen LogP contribution in [0.1, 0.15) is 32.4 Å². The molecular formula is C11H21N3. The minimum atomic E-state index is 0.602. The lowest BCUT2D eigenvalue weighted by Crippen LogP contribution is -2.23. The van der Waals surface area contributed by atoms with Crippen LogP contribution in [0, 0.1) is 0 Å². The number of nitrogens with one attached hydrogen (secondary N) is 1. The Morgan fingerprint density at radius 2 is 2.21 bits per heavy atom. The Morgan fingerprint density at radius 3 is 2.79 bits per heavy atom. The molecule has 14 heavy (non-hydrogen) atoms. The largest absolute Gasteiger partial charge is 0.315 e. The summed E-state index contributed by atoms with van der Waals surface area (Å²) in [5.74, 6) is 0. The van der Waals surface area contributed by atoms with Gasteiger partial charge in [0.15, 0.2) is 0 Å². The molecule has 0 saturated heterocycles. The van der Waals surface area contributed by atoms with Crippen LogP contribution in [0.4, 0.5) is 0 Å². The van der Waals surface area contributed by atoms with Crippen molar-refractivity contribution in [1.82, 2.24) is 15.1 Å². The Hall–Kier alpha value is -0.830. The topological polar surface area (TPSA) is 29.9 Å². The van der Waals surface area contributed by atoms with Crippen molar-refractivity contribution >= 4 is 0 Å². The van der Waals surface area contributed by atoms with E-state index in [-0.39, 0.29) is 0 Å². The summed E-state index contributed by atoms with van der Waals surface area (Å²) >= 11 is 0. The Kier molecular flexibility index (Phi) is 4.66. The smallest absolute Gasteiger partial charge is 0.0624 e. The van der Waals surface area contributed by atoms with Crippen molar-refractivity contribution in [3.05, 3.63) is 18.0 Å². The lowest BCUT2D eigenvalue weighted by atomic mass is 10.2. The van der Waals surface area contributed by atoms with Crippen LogP contribution in [0.25, 0.3) is 0 Å². The quantitative estimate of drug-likeness (QED) is 0.701. The van der Waals surface area contributed by atoms with E-state index in [1.807, 2.05) is 17.9 Å². The second-order valence-corrected chi connectivity index (χ2v) is 4.05. The maximum atomic E-state index is 4.34. The maximum absolute atomic E-state index is 4.34. The molecule has 0 radical (unpaired) electrons. The van der Waals surface area contributed by atoms with E-state index in [1.165, 1.54) is 18.5 Å². The standard InChI is InChI=1S/C11H21N3/c1-10(2)12-8-5-4-6-11-7-9-14(3)13-11/h7,9-10,12H,4-6,8H2,1-3H3. The lowest BCUT2D eigenvalue weighted by molar-refractivity contribution is 0.555. The summed E-state index contributed by atoms with van der Waals surface area (Å²) < 4.78 is 1.86. The first-order valence-electron chi connectivity index (χ1n) is 5.40. The first-order valence-corrected chi connectivity index (χ1v) is 5.40. The van der Waals surface area contributed by atoms with E-state index in [0.717, 1.165) is 13.0 Å². The van der Waals surface area contributed by atoms with Gasteiger partial charge in [0.05, 0.1) is 5.69 Å². The van der Waals surface area contributed by atoms with E-state index in [0.29, 0.717) is 6.04 Å². The van der Waals surface area contributed by atoms with Crippen molar-refractivity contribution in [2.75, 3.05) is 6.54 Å². The Balaban J connectivity index is 2.04. The van der Waals surface area contributed by atoms with Crippen LogP contribution in [0.5, 0.6) is 0 Å². The van der Waals surface area contributed by atoms with E-state index in [9.17, 15) is 0 Å². The number of hydrogen-bond donors (Lipinski definition) is 1. The van der Waals surface area contributed by atoms with Gasteiger partial charge in [0.2, 0.25) is 0 Å². The summed E-state index contributed by atoms with van der Waals surface area (Å²) in [5.41, 5.74) is 1.21. The zero-order valence-electron chi connectivity index (χ0n) is 9.45. The summed E-state index contributed by atoms with van der Waals surface area (Å²) in [4.78, 5) is 0. The molecule has 0 atom stereocenters. The minimum absolute atomic E-state index is 0.602. The van der Waals surface area contributed by atoms with Crippen molar-refractivity contribution in [1.29, 1.82) is 0 Å². The summed E-state index contributed by atoms with van der Waals surface area (Å²) in [6.07, 6.45) is 5.55. The zero-order chi connectivity index (χ0) is 10.4. The molecule has 0 aliphatic rings. The predicted molar refractivity (Wildman–Crippen MR) is 59.3 cm³/mol. The van der Waals surface area contributed by atoms with Gasteiger partial charge in [-0.15, -0.1) is 0 Å². The molecule has 0 aliphatic carbocycles. The zero-order valence-corrected chi connectivity index (χ0v) is 9.45. The van der Waals surface area contributed by atoms with E-state index in [4.69, 9.17) is 0 Å². The van der Waals surface area contributed by atoms with Crippen molar-refractivity contribution in [3.8, 4) is 0 Å². The fourth-order valence-electron chi connectivity index (χ4n) is 1.42. The molecular weight excluding hydrogens is 174 g/mol. The van der Waals surface area contributed by atoms with Crippen molar-refractivity contribution < 1.29 is 0 Å². The minimum Gasteiger partial charge on any atom is -0.315 e. The third kappa shape index (κ3) is 4.42. The van der Waals surface area contributed by atoms with Gasteiger partial charge in [-0.1, -0.05) is 13.8 Å². The SMILES string of the molecule is CC(C)NCCCCc1ccn(C)n1. The number of unbranched alkanes of at least 4 members (excludes halogenated alkanes) is 1. The molecule has 0 unspecified atom stereocenters. The second kappa shape index (κ2) is 5.81. The number of nitrogens with zero attached hydrogens (tertiary/aromatic N) is 2. The highest BCUT2D eigenvalue weighted by Crippen LogP contribution is 2.00. The van der Waals surface area contributed by atoms with Crippen LogP contribution in [0.2, 0.25) is 0 Å². The predicted octanol–water partition coefficient (Wildman–Crippen LogP) is 1.74. The van der Waals surface area contributed by atoms with Crippen LogP contribution in [-0.4, -0.2) is 22.4 Å². The molecule has 1 heterocycles. The third-order valence-electron chi connectivity index (χ3n) is 2.18. The Bertz CT molecular complexity index is 253. The van der Waals surface area contributed by atoms with E-state index >= 15 is 0 Å². The molecule has 1 aromatic heterocycles. The molecule has 3 heteroatoms. The average Bonchev–Trinajstić information content (AvgIpc) is 2.50. The van der Waals surface area contributed by atoms with Gasteiger partial charge in [0, 0.05) is 19.3 Å². The second-order valence-electron chi connectivity index (χ2n) is 4.05. The number of aryl methyl sites for hydroxylation is 2. The van der Waals surface area contributed by atoms with Crippen LogP contribution in [0.15, 0.2) is 12.3 Å². The highest BCUT2D eigenvalue weighted by molar-refractivity contribution is 4.98. The monoisotopic (exact) mass is 195 g/mol. The number of aromatic nitrogens is 2. The van der Waals surface area contributed by atoms with Crippen LogP contribution in [0.3, 0.4) is 0 Å². The summed E-state index contributed by atoms with van der Waals surface area (Å²) in [5, 5.41) is 7.75. The molecule has 0 amide bonds. The molecule has 0 bridgehead atoms. The van der Waals surface area contributed by atoms with Crippen LogP contribution < -0.4 is 5.32 Å². The Labute approximate surface area is 86.5 Å². The number of hydrogen-bond acceptors (Lipinski definition) is 2. The molecule has 0 fully saturated rings. The van der Waals surface area contributed by atoms with Crippen molar-refractivity contribution in [3.63, 3.8) is 0 Å². The summed E-state index contributed by atoms with van der Waals surface area (Å²) in [7, 11) is 1.96. The molecule has 1 aromatic rings. The normalized spacial score (nSPS) is 11.1. The number of rotatable bonds is 6. The fraction of sp³-hybridized carbons (Fsp3) is 0.727. The van der Waals surface area contributed by atoms with Gasteiger partial charge in [-0.05, 0) is 31.9 Å². The van der Waals surface area contributed by atoms with Gasteiger partial charge in [-0.3, -0.25) is 4.68 Å². The van der Waals surface area contributed by atoms with E-state index in [1.54, 1.807) is 0 Å². The lowest BCUT2D eigenvalue weighted by Gasteiger charge is -2.06. The van der Waals surface area contributed by atoms with Crippen LogP contribution >= 0.6 is 0 Å². The maximum Gasteiger partial charge on any atom is 0.0624 e. The van der Waals surface area contributed by atoms with Gasteiger partial charge < -0.3 is 5.32 Å². The summed E-state index contributed by atoms with van der Waals surface area (Å²) in [6, 6.07) is 2.69. The van der Waals surface area contributed by atoms with Gasteiger partial charge in [-0.25, -0.2) is 0 Å². The van der Waals surface area contributed by atoms with Gasteiger partial charge >= 0.3 is 0 Å². The fourth-order valence-corrected chi connectivity index (χ4v) is 1.42. The van der Waals surface area contributed by atoms with Crippen LogP contribution in [-0.2, 0) is 13.5 Å². The first kappa shape index (κ1) is 11.2. The molecule has 0 saturated carbocycles. The Morgan fingerprint density at radius 1 is 1.43 bits per heavy atom. The average molecular weight is 195 g/mol. The van der Waals surface area contributed by atoms with Gasteiger partial charge in [0.25, 0.3) is 0 Å². The van der Waals surface area contributed by atoms with Crippen molar-refractivity contribution in [2.45, 2.75) is 39.2 Å². The first-order chi connectivity index (χ1) is 6.68. The molecule has 3 nitrogen and oxygen atoms in total. The van der Waals surface area contributed by atoms with Crippen molar-refractivity contribution in [2.24, 2.45) is 7.05 Å². The molecule has 1 rings (SSSR count). The molecule has 1 N–H and O–H groups in total. The summed E-state index contributed by atoms with van der Waals surface area (Å²) in [6.45, 7) is 5.47. The highest BCUT2D eigenvalue weighted by atomic mass is 15.2.